The Bertz CT molecular complexity index is 375. The van der Waals surface area contributed by atoms with Crippen LogP contribution in [0, 0.1) is 0 Å². The van der Waals surface area contributed by atoms with E-state index in [0.717, 1.165) is 0 Å². The molecule has 0 aliphatic heterocycles. The van der Waals surface area contributed by atoms with Crippen molar-refractivity contribution in [2.45, 2.75) is 22.8 Å². The number of aliphatic hydroxyl groups excluding tert-OH is 1. The number of hydrogen-bond donors (Lipinski definition) is 1. The maximum atomic E-state index is 12.1. The zero-order valence-electron chi connectivity index (χ0n) is 7.71. The van der Waals surface area contributed by atoms with Gasteiger partial charge in [-0.15, -0.1) is 10.2 Å². The lowest BCUT2D eigenvalue weighted by Crippen LogP contribution is -2.30. The zero-order chi connectivity index (χ0) is 13.3. The molecule has 0 unspecified atom stereocenters. The highest BCUT2D eigenvalue weighted by molar-refractivity contribution is 8.01. The van der Waals surface area contributed by atoms with Gasteiger partial charge in [0.05, 0.1) is 0 Å². The van der Waals surface area contributed by atoms with Gasteiger partial charge in [0.25, 0.3) is 0 Å². The summed E-state index contributed by atoms with van der Waals surface area (Å²) in [4.78, 5) is 0. The van der Waals surface area contributed by atoms with Gasteiger partial charge in [-0.05, 0) is 0 Å². The first-order valence-corrected chi connectivity index (χ1v) is 5.69. The van der Waals surface area contributed by atoms with Gasteiger partial charge in [0.1, 0.15) is 0 Å². The van der Waals surface area contributed by atoms with Crippen LogP contribution < -0.4 is 0 Å². The SMILES string of the molecule is O[C@@H](CSc1nnc(C(F)(F)F)s1)C(F)(F)F. The number of aliphatic hydroxyl groups is 1. The van der Waals surface area contributed by atoms with Gasteiger partial charge in [-0.1, -0.05) is 23.1 Å². The number of hydrogen-bond acceptors (Lipinski definition) is 5. The molecule has 1 aromatic heterocycles. The molecule has 17 heavy (non-hydrogen) atoms. The Labute approximate surface area is 98.8 Å². The third-order valence-electron chi connectivity index (χ3n) is 1.39. The second-order valence-electron chi connectivity index (χ2n) is 2.74. The van der Waals surface area contributed by atoms with Crippen LogP contribution in [-0.2, 0) is 6.18 Å². The maximum absolute atomic E-state index is 12.1. The second-order valence-corrected chi connectivity index (χ2v) is 4.98. The van der Waals surface area contributed by atoms with Crippen molar-refractivity contribution in [2.75, 3.05) is 5.75 Å². The van der Waals surface area contributed by atoms with E-state index in [2.05, 4.69) is 10.2 Å². The monoisotopic (exact) mass is 298 g/mol. The van der Waals surface area contributed by atoms with Crippen LogP contribution in [0.2, 0.25) is 0 Å². The van der Waals surface area contributed by atoms with Crippen molar-refractivity contribution in [1.29, 1.82) is 0 Å². The summed E-state index contributed by atoms with van der Waals surface area (Å²) in [5.74, 6) is -0.823. The molecule has 1 rings (SSSR count). The van der Waals surface area contributed by atoms with Gasteiger partial charge in [-0.25, -0.2) is 0 Å². The molecular formula is C6H4F6N2OS2. The van der Waals surface area contributed by atoms with E-state index >= 15 is 0 Å². The largest absolute Gasteiger partial charge is 0.445 e. The van der Waals surface area contributed by atoms with Gasteiger partial charge in [0, 0.05) is 5.75 Å². The lowest BCUT2D eigenvalue weighted by atomic mass is 10.4. The topological polar surface area (TPSA) is 46.0 Å². The van der Waals surface area contributed by atoms with Crippen LogP contribution >= 0.6 is 23.1 Å². The Kier molecular flexibility index (Phi) is 4.25. The summed E-state index contributed by atoms with van der Waals surface area (Å²) in [5.41, 5.74) is 0. The van der Waals surface area contributed by atoms with Crippen molar-refractivity contribution in [3.63, 3.8) is 0 Å². The number of nitrogens with zero attached hydrogens (tertiary/aromatic N) is 2. The lowest BCUT2D eigenvalue weighted by Gasteiger charge is -2.12. The van der Waals surface area contributed by atoms with Crippen molar-refractivity contribution < 1.29 is 31.4 Å². The fourth-order valence-corrected chi connectivity index (χ4v) is 2.34. The molecule has 0 fully saturated rings. The standard InChI is InChI=1S/C6H4F6N2OS2/c7-5(8,9)2(15)1-16-4-14-13-3(17-4)6(10,11)12/h2,15H,1H2/t2-/m0/s1. The predicted molar refractivity (Wildman–Crippen MR) is 47.7 cm³/mol. The second kappa shape index (κ2) is 4.98. The number of thioether (sulfide) groups is 1. The maximum Gasteiger partial charge on any atom is 0.445 e. The molecule has 1 atom stereocenters. The molecule has 1 aromatic rings. The Morgan fingerprint density at radius 2 is 1.76 bits per heavy atom. The van der Waals surface area contributed by atoms with Gasteiger partial charge >= 0.3 is 12.4 Å². The molecule has 0 spiro atoms. The van der Waals surface area contributed by atoms with Crippen LogP contribution in [0.4, 0.5) is 26.3 Å². The van der Waals surface area contributed by atoms with E-state index in [9.17, 15) is 26.3 Å². The van der Waals surface area contributed by atoms with E-state index in [4.69, 9.17) is 5.11 Å². The van der Waals surface area contributed by atoms with E-state index < -0.39 is 29.2 Å². The summed E-state index contributed by atoms with van der Waals surface area (Å²) in [6.07, 6.45) is -12.1. The summed E-state index contributed by atoms with van der Waals surface area (Å²) >= 11 is 0.497. The molecule has 1 N–H and O–H groups in total. The third kappa shape index (κ3) is 4.32. The third-order valence-corrected chi connectivity index (χ3v) is 3.57. The summed E-state index contributed by atoms with van der Waals surface area (Å²) in [5, 5.41) is 13.2. The van der Waals surface area contributed by atoms with Crippen molar-refractivity contribution in [3.8, 4) is 0 Å². The molecule has 0 saturated carbocycles. The molecule has 0 saturated heterocycles. The van der Waals surface area contributed by atoms with Gasteiger partial charge < -0.3 is 5.11 Å². The summed E-state index contributed by atoms with van der Waals surface area (Å²) in [7, 11) is 0. The lowest BCUT2D eigenvalue weighted by molar-refractivity contribution is -0.195. The van der Waals surface area contributed by atoms with Crippen LogP contribution in [0.5, 0.6) is 0 Å². The number of halogens is 6. The summed E-state index contributed by atoms with van der Waals surface area (Å²) in [6.45, 7) is 0. The van der Waals surface area contributed by atoms with Crippen LogP contribution in [-0.4, -0.2) is 33.3 Å². The van der Waals surface area contributed by atoms with Gasteiger partial charge in [0.15, 0.2) is 10.4 Å². The van der Waals surface area contributed by atoms with Crippen molar-refractivity contribution >= 4 is 23.1 Å². The molecule has 0 radical (unpaired) electrons. The van der Waals surface area contributed by atoms with E-state index in [-0.39, 0.29) is 15.7 Å². The van der Waals surface area contributed by atoms with Gasteiger partial charge in [0.2, 0.25) is 5.01 Å². The number of alkyl halides is 6. The molecule has 98 valence electrons. The van der Waals surface area contributed by atoms with Crippen LogP contribution in [0.3, 0.4) is 0 Å². The Morgan fingerprint density at radius 3 is 2.18 bits per heavy atom. The Hall–Kier alpha value is -0.550. The van der Waals surface area contributed by atoms with Crippen molar-refractivity contribution in [3.05, 3.63) is 5.01 Å². The van der Waals surface area contributed by atoms with E-state index in [0.29, 0.717) is 11.8 Å². The van der Waals surface area contributed by atoms with Crippen LogP contribution in [0.25, 0.3) is 0 Å². The molecule has 11 heteroatoms. The molecule has 0 amide bonds. The molecule has 1 heterocycles. The minimum absolute atomic E-state index is 0.130. The van der Waals surface area contributed by atoms with Crippen molar-refractivity contribution in [1.82, 2.24) is 10.2 Å². The van der Waals surface area contributed by atoms with Crippen molar-refractivity contribution in [2.24, 2.45) is 0 Å². The van der Waals surface area contributed by atoms with Crippen LogP contribution in [0.1, 0.15) is 5.01 Å². The smallest absolute Gasteiger partial charge is 0.383 e. The minimum atomic E-state index is -4.80. The summed E-state index contributed by atoms with van der Waals surface area (Å²) < 4.78 is 71.5. The molecule has 3 nitrogen and oxygen atoms in total. The highest BCUT2D eigenvalue weighted by Gasteiger charge is 2.39. The Balaban J connectivity index is 2.57. The zero-order valence-corrected chi connectivity index (χ0v) is 9.34. The highest BCUT2D eigenvalue weighted by Crippen LogP contribution is 2.35. The number of rotatable bonds is 3. The van der Waals surface area contributed by atoms with Crippen LogP contribution in [0.15, 0.2) is 4.34 Å². The molecule has 0 aromatic carbocycles. The predicted octanol–water partition coefficient (Wildman–Crippen LogP) is 2.57. The average Bonchev–Trinajstić information content (AvgIpc) is 2.59. The molecule has 0 bridgehead atoms. The quantitative estimate of drug-likeness (QED) is 0.688. The number of aromatic nitrogens is 2. The highest BCUT2D eigenvalue weighted by atomic mass is 32.2. The first-order valence-electron chi connectivity index (χ1n) is 3.89. The first kappa shape index (κ1) is 14.5. The van der Waals surface area contributed by atoms with E-state index in [1.165, 1.54) is 0 Å². The van der Waals surface area contributed by atoms with Gasteiger partial charge in [-0.3, -0.25) is 0 Å². The van der Waals surface area contributed by atoms with Gasteiger partial charge in [-0.2, -0.15) is 26.3 Å². The minimum Gasteiger partial charge on any atom is -0.383 e. The first-order chi connectivity index (χ1) is 7.60. The fraction of sp³-hybridized carbons (Fsp3) is 0.667. The van der Waals surface area contributed by atoms with E-state index in [1.54, 1.807) is 0 Å². The fourth-order valence-electron chi connectivity index (χ4n) is 0.627. The average molecular weight is 298 g/mol. The molecule has 0 aliphatic carbocycles. The normalized spacial score (nSPS) is 15.0. The Morgan fingerprint density at radius 1 is 1.18 bits per heavy atom. The molecular weight excluding hydrogens is 294 g/mol. The molecule has 0 aliphatic rings. The van der Waals surface area contributed by atoms with E-state index in [1.807, 2.05) is 0 Å². The summed E-state index contributed by atoms with van der Waals surface area (Å²) in [6, 6.07) is 0.